The SMILES string of the molecule is CCOC(=O)CN(CC(=O)OCC)Cc1cccc(-c2cc(-c3ccc(OC)c(N)c3)cc(-c3cccc(CN(CC(=O)OCC)CC(=O)OCC)n3)n2)n1. The molecule has 0 aliphatic carbocycles. The maximum atomic E-state index is 12.4. The van der Waals surface area contributed by atoms with Gasteiger partial charge in [0.1, 0.15) is 5.75 Å². The van der Waals surface area contributed by atoms with E-state index in [0.717, 1.165) is 11.1 Å². The number of rotatable bonds is 20. The number of nitrogen functional groups attached to an aromatic ring is 1. The van der Waals surface area contributed by atoms with Gasteiger partial charge in [-0.3, -0.25) is 29.0 Å². The number of esters is 4. The third kappa shape index (κ3) is 12.9. The van der Waals surface area contributed by atoms with Crippen molar-refractivity contribution in [3.63, 3.8) is 0 Å². The molecule has 0 spiro atoms. The smallest absolute Gasteiger partial charge is 0.320 e. The Morgan fingerprint density at radius 3 is 1.33 bits per heavy atom. The zero-order valence-corrected chi connectivity index (χ0v) is 31.9. The third-order valence-corrected chi connectivity index (χ3v) is 7.93. The Kier molecular flexibility index (Phi) is 16.0. The van der Waals surface area contributed by atoms with Gasteiger partial charge in [0.15, 0.2) is 0 Å². The molecule has 3 heterocycles. The van der Waals surface area contributed by atoms with Crippen molar-refractivity contribution < 1.29 is 42.9 Å². The molecule has 0 atom stereocenters. The standard InChI is InChI=1S/C40H48N6O9/c1-6-52-37(47)23-45(24-38(48)53-7-2)21-29-12-10-14-32(42-29)34-19-28(27-16-17-36(51-5)31(41)18-27)20-35(44-34)33-15-11-13-30(43-33)22-46(25-39(49)54-8-3)26-40(50)55-9-4/h10-20H,6-9,21-26,41H2,1-5H3. The Labute approximate surface area is 320 Å². The minimum absolute atomic E-state index is 0.131. The second-order valence-corrected chi connectivity index (χ2v) is 12.1. The van der Waals surface area contributed by atoms with Crippen molar-refractivity contribution in [2.24, 2.45) is 0 Å². The molecular formula is C40H48N6O9. The molecule has 2 N–H and O–H groups in total. The van der Waals surface area contributed by atoms with Crippen molar-refractivity contribution in [2.75, 3.05) is 65.5 Å². The third-order valence-electron chi connectivity index (χ3n) is 7.93. The van der Waals surface area contributed by atoms with E-state index in [1.165, 1.54) is 0 Å². The highest BCUT2D eigenvalue weighted by molar-refractivity contribution is 5.78. The Balaban J connectivity index is 1.75. The first-order valence-electron chi connectivity index (χ1n) is 18.0. The highest BCUT2D eigenvalue weighted by Crippen LogP contribution is 2.33. The lowest BCUT2D eigenvalue weighted by Crippen LogP contribution is -2.36. The molecule has 0 saturated heterocycles. The number of hydrogen-bond donors (Lipinski definition) is 1. The van der Waals surface area contributed by atoms with E-state index in [1.54, 1.807) is 68.9 Å². The average molecular weight is 757 g/mol. The molecule has 15 nitrogen and oxygen atoms in total. The van der Waals surface area contributed by atoms with Crippen LogP contribution in [0.25, 0.3) is 33.9 Å². The summed E-state index contributed by atoms with van der Waals surface area (Å²) in [6, 6.07) is 20.1. The monoisotopic (exact) mass is 756 g/mol. The van der Waals surface area contributed by atoms with Crippen LogP contribution in [0.5, 0.6) is 5.75 Å². The number of nitrogens with zero attached hydrogens (tertiary/aromatic N) is 5. The van der Waals surface area contributed by atoms with Crippen molar-refractivity contribution in [3.8, 4) is 39.7 Å². The van der Waals surface area contributed by atoms with Gasteiger partial charge in [-0.05, 0) is 87.4 Å². The van der Waals surface area contributed by atoms with Crippen LogP contribution in [0, 0.1) is 0 Å². The van der Waals surface area contributed by atoms with E-state index in [-0.39, 0.29) is 65.7 Å². The van der Waals surface area contributed by atoms with Crippen LogP contribution in [-0.4, -0.2) is 108 Å². The predicted octanol–water partition coefficient (Wildman–Crippen LogP) is 4.32. The van der Waals surface area contributed by atoms with Crippen molar-refractivity contribution in [1.29, 1.82) is 0 Å². The zero-order chi connectivity index (χ0) is 39.7. The Bertz CT molecular complexity index is 1790. The van der Waals surface area contributed by atoms with Crippen molar-refractivity contribution in [3.05, 3.63) is 78.1 Å². The normalized spacial score (nSPS) is 11.0. The molecule has 4 aromatic rings. The van der Waals surface area contributed by atoms with Gasteiger partial charge < -0.3 is 29.4 Å². The Morgan fingerprint density at radius 1 is 0.545 bits per heavy atom. The molecule has 0 radical (unpaired) electrons. The van der Waals surface area contributed by atoms with Crippen molar-refractivity contribution in [1.82, 2.24) is 24.8 Å². The van der Waals surface area contributed by atoms with Crippen LogP contribution in [0.3, 0.4) is 0 Å². The van der Waals surface area contributed by atoms with Crippen molar-refractivity contribution in [2.45, 2.75) is 40.8 Å². The molecule has 0 amide bonds. The summed E-state index contributed by atoms with van der Waals surface area (Å²) >= 11 is 0. The molecule has 15 heteroatoms. The van der Waals surface area contributed by atoms with Crippen molar-refractivity contribution >= 4 is 29.6 Å². The number of methoxy groups -OCH3 is 1. The summed E-state index contributed by atoms with van der Waals surface area (Å²) in [4.78, 5) is 67.6. The lowest BCUT2D eigenvalue weighted by molar-refractivity contribution is -0.150. The van der Waals surface area contributed by atoms with E-state index in [2.05, 4.69) is 0 Å². The fourth-order valence-electron chi connectivity index (χ4n) is 5.64. The van der Waals surface area contributed by atoms with Crippen LogP contribution < -0.4 is 10.5 Å². The van der Waals surface area contributed by atoms with E-state index in [9.17, 15) is 19.2 Å². The summed E-state index contributed by atoms with van der Waals surface area (Å²) < 4.78 is 25.9. The minimum Gasteiger partial charge on any atom is -0.495 e. The first-order valence-corrected chi connectivity index (χ1v) is 18.0. The first-order chi connectivity index (χ1) is 26.5. The topological polar surface area (TPSA) is 186 Å². The summed E-state index contributed by atoms with van der Waals surface area (Å²) in [5, 5.41) is 0. The largest absolute Gasteiger partial charge is 0.495 e. The van der Waals surface area contributed by atoms with Crippen LogP contribution in [-0.2, 0) is 51.2 Å². The molecule has 3 aromatic heterocycles. The molecule has 1 aromatic carbocycles. The summed E-state index contributed by atoms with van der Waals surface area (Å²) in [7, 11) is 1.55. The van der Waals surface area contributed by atoms with Gasteiger partial charge in [-0.15, -0.1) is 0 Å². The number of aromatic nitrogens is 3. The number of hydrogen-bond acceptors (Lipinski definition) is 15. The molecule has 55 heavy (non-hydrogen) atoms. The maximum absolute atomic E-state index is 12.4. The van der Waals surface area contributed by atoms with Crippen LogP contribution in [0.2, 0.25) is 0 Å². The summed E-state index contributed by atoms with van der Waals surface area (Å²) in [6.07, 6.45) is 0. The Morgan fingerprint density at radius 2 is 0.964 bits per heavy atom. The first kappa shape index (κ1) is 41.8. The maximum Gasteiger partial charge on any atom is 0.320 e. The number of benzene rings is 1. The number of pyridine rings is 3. The van der Waals surface area contributed by atoms with Gasteiger partial charge >= 0.3 is 23.9 Å². The number of carbonyl (C=O) groups excluding carboxylic acids is 4. The molecule has 0 saturated carbocycles. The fourth-order valence-corrected chi connectivity index (χ4v) is 5.64. The van der Waals surface area contributed by atoms with E-state index in [1.807, 2.05) is 42.5 Å². The molecular weight excluding hydrogens is 708 g/mol. The van der Waals surface area contributed by atoms with Crippen LogP contribution in [0.15, 0.2) is 66.7 Å². The summed E-state index contributed by atoms with van der Waals surface area (Å²) in [5.41, 5.74) is 11.6. The molecule has 4 rings (SSSR count). The molecule has 292 valence electrons. The van der Waals surface area contributed by atoms with Gasteiger partial charge in [-0.25, -0.2) is 15.0 Å². The lowest BCUT2D eigenvalue weighted by Gasteiger charge is -2.20. The second kappa shape index (κ2) is 21.1. The number of ether oxygens (including phenoxy) is 5. The van der Waals surface area contributed by atoms with Crippen LogP contribution >= 0.6 is 0 Å². The number of carbonyl (C=O) groups is 4. The predicted molar refractivity (Wildman–Crippen MR) is 204 cm³/mol. The second-order valence-electron chi connectivity index (χ2n) is 12.1. The number of nitrogens with two attached hydrogens (primary N) is 1. The van der Waals surface area contributed by atoms with Crippen LogP contribution in [0.1, 0.15) is 39.1 Å². The summed E-state index contributed by atoms with van der Waals surface area (Å²) in [6.45, 7) is 7.49. The number of anilines is 1. The molecule has 0 aliphatic rings. The highest BCUT2D eigenvalue weighted by atomic mass is 16.5. The Hall–Kier alpha value is -5.93. The quantitative estimate of drug-likeness (QED) is 0.0763. The lowest BCUT2D eigenvalue weighted by atomic mass is 10.0. The van der Waals surface area contributed by atoms with Gasteiger partial charge in [-0.2, -0.15) is 0 Å². The molecule has 0 bridgehead atoms. The summed E-state index contributed by atoms with van der Waals surface area (Å²) in [5.74, 6) is -1.35. The van der Waals surface area contributed by atoms with Gasteiger partial charge in [0, 0.05) is 13.1 Å². The van der Waals surface area contributed by atoms with E-state index < -0.39 is 23.9 Å². The molecule has 0 aliphatic heterocycles. The highest BCUT2D eigenvalue weighted by Gasteiger charge is 2.20. The molecule has 0 fully saturated rings. The van der Waals surface area contributed by atoms with Gasteiger partial charge in [0.2, 0.25) is 0 Å². The van der Waals surface area contributed by atoms with E-state index in [0.29, 0.717) is 45.6 Å². The van der Waals surface area contributed by atoms with E-state index in [4.69, 9.17) is 44.4 Å². The average Bonchev–Trinajstić information content (AvgIpc) is 3.15. The molecule has 0 unspecified atom stereocenters. The fraction of sp³-hybridized carbons (Fsp3) is 0.375. The van der Waals surface area contributed by atoms with Crippen LogP contribution in [0.4, 0.5) is 5.69 Å². The van der Waals surface area contributed by atoms with E-state index >= 15 is 0 Å². The zero-order valence-electron chi connectivity index (χ0n) is 31.9. The van der Waals surface area contributed by atoms with Gasteiger partial charge in [-0.1, -0.05) is 18.2 Å². The van der Waals surface area contributed by atoms with Gasteiger partial charge in [0.25, 0.3) is 0 Å². The minimum atomic E-state index is -0.472. The van der Waals surface area contributed by atoms with Gasteiger partial charge in [0.05, 0.1) is 99.6 Å².